The molecule has 0 aromatic carbocycles. The molecule has 0 spiro atoms. The van der Waals surface area contributed by atoms with Crippen LogP contribution in [0.3, 0.4) is 0 Å². The zero-order valence-electron chi connectivity index (χ0n) is 9.66. The second-order valence-corrected chi connectivity index (χ2v) is 4.73. The van der Waals surface area contributed by atoms with Gasteiger partial charge in [-0.25, -0.2) is 0 Å². The first-order valence-electron chi connectivity index (χ1n) is 5.70. The van der Waals surface area contributed by atoms with Gasteiger partial charge >= 0.3 is 0 Å². The molecule has 14 heavy (non-hydrogen) atoms. The molecule has 3 nitrogen and oxygen atoms in total. The minimum atomic E-state index is -0.191. The molecule has 0 saturated carbocycles. The number of nitrogens with zero attached hydrogens (tertiary/aromatic N) is 1. The van der Waals surface area contributed by atoms with E-state index in [1.807, 2.05) is 6.92 Å². The summed E-state index contributed by atoms with van der Waals surface area (Å²) < 4.78 is 0. The number of hydrogen-bond donors (Lipinski definition) is 2. The fourth-order valence-corrected chi connectivity index (χ4v) is 2.16. The van der Waals surface area contributed by atoms with E-state index in [1.165, 1.54) is 25.9 Å². The lowest BCUT2D eigenvalue weighted by atomic mass is 10.0. The van der Waals surface area contributed by atoms with E-state index in [0.717, 1.165) is 6.42 Å². The normalized spacial score (nSPS) is 24.9. The van der Waals surface area contributed by atoms with E-state index in [2.05, 4.69) is 24.2 Å². The quantitative estimate of drug-likeness (QED) is 0.705. The Bertz CT molecular complexity index is 153. The van der Waals surface area contributed by atoms with Crippen LogP contribution in [0, 0.1) is 0 Å². The van der Waals surface area contributed by atoms with Crippen molar-refractivity contribution in [2.45, 2.75) is 51.3 Å². The van der Waals surface area contributed by atoms with Gasteiger partial charge in [0, 0.05) is 12.1 Å². The first-order chi connectivity index (χ1) is 6.58. The number of aliphatic hydroxyl groups is 1. The molecule has 1 heterocycles. The van der Waals surface area contributed by atoms with E-state index in [4.69, 9.17) is 0 Å². The topological polar surface area (TPSA) is 35.5 Å². The van der Waals surface area contributed by atoms with Crippen LogP contribution >= 0.6 is 0 Å². The summed E-state index contributed by atoms with van der Waals surface area (Å²) in [5.41, 5.74) is 0. The third-order valence-corrected chi connectivity index (χ3v) is 2.93. The molecule has 1 rings (SSSR count). The van der Waals surface area contributed by atoms with Gasteiger partial charge in [0.1, 0.15) is 0 Å². The molecule has 0 bridgehead atoms. The van der Waals surface area contributed by atoms with Crippen molar-refractivity contribution in [2.75, 3.05) is 20.1 Å². The fraction of sp³-hybridized carbons (Fsp3) is 1.00. The van der Waals surface area contributed by atoms with E-state index in [-0.39, 0.29) is 6.10 Å². The van der Waals surface area contributed by atoms with E-state index < -0.39 is 0 Å². The van der Waals surface area contributed by atoms with Crippen LogP contribution in [-0.2, 0) is 0 Å². The maximum absolute atomic E-state index is 9.25. The van der Waals surface area contributed by atoms with Crippen LogP contribution in [-0.4, -0.2) is 48.3 Å². The number of hydrogen-bond acceptors (Lipinski definition) is 3. The van der Waals surface area contributed by atoms with Gasteiger partial charge in [-0.1, -0.05) is 0 Å². The molecule has 84 valence electrons. The van der Waals surface area contributed by atoms with Crippen molar-refractivity contribution in [1.82, 2.24) is 10.2 Å². The van der Waals surface area contributed by atoms with Crippen LogP contribution in [0.15, 0.2) is 0 Å². The number of likely N-dealkylation sites (tertiary alicyclic amines) is 1. The first-order valence-corrected chi connectivity index (χ1v) is 5.70. The molecule has 2 N–H and O–H groups in total. The van der Waals surface area contributed by atoms with Crippen molar-refractivity contribution in [3.8, 4) is 0 Å². The number of aliphatic hydroxyl groups excluding tert-OH is 1. The third-order valence-electron chi connectivity index (χ3n) is 2.93. The minimum Gasteiger partial charge on any atom is -0.393 e. The molecule has 0 aliphatic carbocycles. The van der Waals surface area contributed by atoms with Gasteiger partial charge in [-0.15, -0.1) is 0 Å². The van der Waals surface area contributed by atoms with E-state index in [0.29, 0.717) is 12.1 Å². The highest BCUT2D eigenvalue weighted by Crippen LogP contribution is 2.10. The predicted octanol–water partition coefficient (Wildman–Crippen LogP) is 0.830. The molecule has 3 heteroatoms. The maximum Gasteiger partial charge on any atom is 0.0526 e. The number of rotatable bonds is 4. The Morgan fingerprint density at radius 2 is 1.93 bits per heavy atom. The van der Waals surface area contributed by atoms with Crippen molar-refractivity contribution in [2.24, 2.45) is 0 Å². The molecule has 0 aromatic heterocycles. The van der Waals surface area contributed by atoms with Crippen molar-refractivity contribution in [3.05, 3.63) is 0 Å². The summed E-state index contributed by atoms with van der Waals surface area (Å²) in [6.07, 6.45) is 3.14. The minimum absolute atomic E-state index is 0.191. The molecular weight excluding hydrogens is 176 g/mol. The molecule has 2 unspecified atom stereocenters. The van der Waals surface area contributed by atoms with Crippen LogP contribution in [0.5, 0.6) is 0 Å². The smallest absolute Gasteiger partial charge is 0.0526 e. The summed E-state index contributed by atoms with van der Waals surface area (Å²) >= 11 is 0. The zero-order chi connectivity index (χ0) is 10.6. The third kappa shape index (κ3) is 4.40. The van der Waals surface area contributed by atoms with E-state index in [1.54, 1.807) is 0 Å². The van der Waals surface area contributed by atoms with E-state index in [9.17, 15) is 5.11 Å². The van der Waals surface area contributed by atoms with Gasteiger partial charge in [-0.3, -0.25) is 0 Å². The van der Waals surface area contributed by atoms with Gasteiger partial charge in [0.05, 0.1) is 6.10 Å². The standard InChI is InChI=1S/C11H24N2O/c1-9(8-10(2)14)12-11-4-6-13(3)7-5-11/h9-12,14H,4-8H2,1-3H3. The van der Waals surface area contributed by atoms with Gasteiger partial charge in [-0.05, 0) is 53.2 Å². The summed E-state index contributed by atoms with van der Waals surface area (Å²) in [5, 5.41) is 12.8. The van der Waals surface area contributed by atoms with Crippen LogP contribution in [0.2, 0.25) is 0 Å². The van der Waals surface area contributed by atoms with Gasteiger partial charge in [-0.2, -0.15) is 0 Å². The lowest BCUT2D eigenvalue weighted by Gasteiger charge is -2.31. The number of nitrogens with one attached hydrogen (secondary N) is 1. The Balaban J connectivity index is 2.17. The molecule has 0 aromatic rings. The van der Waals surface area contributed by atoms with Crippen LogP contribution < -0.4 is 5.32 Å². The van der Waals surface area contributed by atoms with Crippen LogP contribution in [0.25, 0.3) is 0 Å². The summed E-state index contributed by atoms with van der Waals surface area (Å²) in [7, 11) is 2.18. The maximum atomic E-state index is 9.25. The van der Waals surface area contributed by atoms with Crippen LogP contribution in [0.4, 0.5) is 0 Å². The van der Waals surface area contributed by atoms with Gasteiger partial charge < -0.3 is 15.3 Å². The van der Waals surface area contributed by atoms with Crippen LogP contribution in [0.1, 0.15) is 33.1 Å². The SMILES string of the molecule is CC(O)CC(C)NC1CCN(C)CC1. The Hall–Kier alpha value is -0.120. The summed E-state index contributed by atoms with van der Waals surface area (Å²) in [4.78, 5) is 2.37. The van der Waals surface area contributed by atoms with Gasteiger partial charge in [0.25, 0.3) is 0 Å². The second-order valence-electron chi connectivity index (χ2n) is 4.73. The Morgan fingerprint density at radius 1 is 1.36 bits per heavy atom. The average molecular weight is 200 g/mol. The van der Waals surface area contributed by atoms with Crippen molar-refractivity contribution in [1.29, 1.82) is 0 Å². The summed E-state index contributed by atoms with van der Waals surface area (Å²) in [6.45, 7) is 6.40. The summed E-state index contributed by atoms with van der Waals surface area (Å²) in [6, 6.07) is 1.09. The average Bonchev–Trinajstić information content (AvgIpc) is 2.07. The highest BCUT2D eigenvalue weighted by atomic mass is 16.3. The Morgan fingerprint density at radius 3 is 2.43 bits per heavy atom. The monoisotopic (exact) mass is 200 g/mol. The molecule has 1 fully saturated rings. The lowest BCUT2D eigenvalue weighted by Crippen LogP contribution is -2.44. The molecule has 1 saturated heterocycles. The predicted molar refractivity (Wildman–Crippen MR) is 59.4 cm³/mol. The summed E-state index contributed by atoms with van der Waals surface area (Å²) in [5.74, 6) is 0. The largest absolute Gasteiger partial charge is 0.393 e. The highest BCUT2D eigenvalue weighted by Gasteiger charge is 2.18. The van der Waals surface area contributed by atoms with Gasteiger partial charge in [0.2, 0.25) is 0 Å². The van der Waals surface area contributed by atoms with Crippen molar-refractivity contribution < 1.29 is 5.11 Å². The second kappa shape index (κ2) is 5.69. The van der Waals surface area contributed by atoms with Gasteiger partial charge in [0.15, 0.2) is 0 Å². The molecule has 0 radical (unpaired) electrons. The number of piperidine rings is 1. The Kier molecular flexibility index (Phi) is 4.85. The molecular formula is C11H24N2O. The zero-order valence-corrected chi connectivity index (χ0v) is 9.66. The van der Waals surface area contributed by atoms with Crippen molar-refractivity contribution >= 4 is 0 Å². The molecule has 1 aliphatic heterocycles. The first kappa shape index (κ1) is 12.0. The highest BCUT2D eigenvalue weighted by molar-refractivity contribution is 4.78. The Labute approximate surface area is 87.5 Å². The van der Waals surface area contributed by atoms with E-state index >= 15 is 0 Å². The van der Waals surface area contributed by atoms with Crippen molar-refractivity contribution in [3.63, 3.8) is 0 Å². The fourth-order valence-electron chi connectivity index (χ4n) is 2.16. The lowest BCUT2D eigenvalue weighted by molar-refractivity contribution is 0.159. The molecule has 2 atom stereocenters. The molecule has 1 aliphatic rings. The molecule has 0 amide bonds.